The number of amides is 1. The van der Waals surface area contributed by atoms with Crippen molar-refractivity contribution in [1.82, 2.24) is 16.0 Å². The number of rotatable bonds is 6. The lowest BCUT2D eigenvalue weighted by molar-refractivity contribution is 0.0953. The number of carbonyl (C=O) groups excluding carboxylic acids is 1. The van der Waals surface area contributed by atoms with Gasteiger partial charge in [0.15, 0.2) is 15.8 Å². The zero-order chi connectivity index (χ0) is 18.3. The normalized spacial score (nSPS) is 18.7. The highest BCUT2D eigenvalue weighted by Crippen LogP contribution is 2.11. The number of carbonyl (C=O) groups is 1. The van der Waals surface area contributed by atoms with Gasteiger partial charge in [0.2, 0.25) is 0 Å². The summed E-state index contributed by atoms with van der Waals surface area (Å²) in [6, 6.07) is 7.09. The van der Waals surface area contributed by atoms with Gasteiger partial charge in [-0.05, 0) is 37.1 Å². The number of guanidine groups is 1. The number of aliphatic imine (C=N–C) groups is 1. The number of nitrogens with zero attached hydrogens (tertiary/aromatic N) is 1. The van der Waals surface area contributed by atoms with E-state index in [2.05, 4.69) is 36.9 Å². The molecule has 10 heteroatoms. The molecule has 0 aromatic heterocycles. The Morgan fingerprint density at radius 2 is 1.88 bits per heavy atom. The lowest BCUT2D eigenvalue weighted by atomic mass is 10.2. The van der Waals surface area contributed by atoms with Gasteiger partial charge in [0, 0.05) is 36.2 Å². The van der Waals surface area contributed by atoms with Crippen molar-refractivity contribution in [3.8, 4) is 0 Å². The minimum Gasteiger partial charge on any atom is -0.356 e. The molecule has 1 amide bonds. The zero-order valence-corrected chi connectivity index (χ0v) is 19.2. The van der Waals surface area contributed by atoms with Gasteiger partial charge in [-0.1, -0.05) is 15.9 Å². The average molecular weight is 559 g/mol. The minimum atomic E-state index is -2.91. The molecule has 1 fully saturated rings. The van der Waals surface area contributed by atoms with Gasteiger partial charge in [-0.3, -0.25) is 9.79 Å². The molecule has 1 aliphatic heterocycles. The van der Waals surface area contributed by atoms with Crippen LogP contribution in [0.15, 0.2) is 33.7 Å². The maximum atomic E-state index is 12.0. The molecular formula is C16H24BrIN4O3S. The summed E-state index contributed by atoms with van der Waals surface area (Å²) >= 11 is 3.33. The van der Waals surface area contributed by atoms with Gasteiger partial charge in [0.25, 0.3) is 5.91 Å². The van der Waals surface area contributed by atoms with Crippen LogP contribution in [0.3, 0.4) is 0 Å². The third-order valence-corrected chi connectivity index (χ3v) is 6.13. The smallest absolute Gasteiger partial charge is 0.251 e. The molecule has 0 spiro atoms. The maximum absolute atomic E-state index is 12.0. The van der Waals surface area contributed by atoms with Crippen LogP contribution >= 0.6 is 39.9 Å². The highest BCUT2D eigenvalue weighted by molar-refractivity contribution is 14.0. The van der Waals surface area contributed by atoms with Gasteiger partial charge < -0.3 is 16.0 Å². The Bertz CT molecular complexity index is 726. The molecule has 7 nitrogen and oxygen atoms in total. The second-order valence-corrected chi connectivity index (χ2v) is 9.00. The van der Waals surface area contributed by atoms with Crippen LogP contribution < -0.4 is 16.0 Å². The third kappa shape index (κ3) is 7.78. The summed E-state index contributed by atoms with van der Waals surface area (Å²) in [6.07, 6.45) is 1.33. The van der Waals surface area contributed by atoms with E-state index in [0.29, 0.717) is 31.0 Å². The van der Waals surface area contributed by atoms with Crippen molar-refractivity contribution >= 4 is 61.6 Å². The molecule has 26 heavy (non-hydrogen) atoms. The van der Waals surface area contributed by atoms with Crippen molar-refractivity contribution in [1.29, 1.82) is 0 Å². The SMILES string of the molecule is CN=C(NCCCNC(=O)c1ccc(Br)cc1)NC1CCS(=O)(=O)C1.I. The first-order valence-corrected chi connectivity index (χ1v) is 10.7. The molecule has 146 valence electrons. The zero-order valence-electron chi connectivity index (χ0n) is 14.5. The molecule has 1 aromatic rings. The van der Waals surface area contributed by atoms with Gasteiger partial charge in [-0.15, -0.1) is 24.0 Å². The molecule has 1 atom stereocenters. The first-order chi connectivity index (χ1) is 11.9. The Hall–Kier alpha value is -0.880. The van der Waals surface area contributed by atoms with Crippen LogP contribution in [0.4, 0.5) is 0 Å². The van der Waals surface area contributed by atoms with E-state index in [9.17, 15) is 13.2 Å². The molecular weight excluding hydrogens is 535 g/mol. The van der Waals surface area contributed by atoms with E-state index in [1.807, 2.05) is 12.1 Å². The monoisotopic (exact) mass is 558 g/mol. The molecule has 0 aliphatic carbocycles. The van der Waals surface area contributed by atoms with E-state index in [0.717, 1.165) is 10.9 Å². The quantitative estimate of drug-likeness (QED) is 0.213. The lowest BCUT2D eigenvalue weighted by Gasteiger charge is -2.16. The predicted molar refractivity (Wildman–Crippen MR) is 118 cm³/mol. The number of hydrogen-bond acceptors (Lipinski definition) is 4. The van der Waals surface area contributed by atoms with E-state index < -0.39 is 9.84 Å². The van der Waals surface area contributed by atoms with E-state index in [1.165, 1.54) is 0 Å². The molecule has 0 bridgehead atoms. The van der Waals surface area contributed by atoms with Crippen LogP contribution in [-0.4, -0.2) is 58.0 Å². The summed E-state index contributed by atoms with van der Waals surface area (Å²) in [5.41, 5.74) is 0.621. The minimum absolute atomic E-state index is 0. The predicted octanol–water partition coefficient (Wildman–Crippen LogP) is 1.54. The van der Waals surface area contributed by atoms with Gasteiger partial charge >= 0.3 is 0 Å². The fourth-order valence-electron chi connectivity index (χ4n) is 2.50. The molecule has 1 aromatic carbocycles. The Morgan fingerprint density at radius 3 is 2.46 bits per heavy atom. The first-order valence-electron chi connectivity index (χ1n) is 8.11. The highest BCUT2D eigenvalue weighted by atomic mass is 127. The second kappa shape index (κ2) is 11.1. The summed E-state index contributed by atoms with van der Waals surface area (Å²) in [4.78, 5) is 16.1. The van der Waals surface area contributed by atoms with E-state index in [1.54, 1.807) is 19.2 Å². The number of benzene rings is 1. The Labute approximate surface area is 179 Å². The highest BCUT2D eigenvalue weighted by Gasteiger charge is 2.28. The largest absolute Gasteiger partial charge is 0.356 e. The van der Waals surface area contributed by atoms with Crippen molar-refractivity contribution in [2.75, 3.05) is 31.6 Å². The summed E-state index contributed by atoms with van der Waals surface area (Å²) < 4.78 is 23.9. The first kappa shape index (κ1) is 23.2. The molecule has 1 aliphatic rings. The van der Waals surface area contributed by atoms with Crippen molar-refractivity contribution in [2.45, 2.75) is 18.9 Å². The third-order valence-electron chi connectivity index (χ3n) is 3.83. The van der Waals surface area contributed by atoms with Crippen LogP contribution in [0.1, 0.15) is 23.2 Å². The molecule has 3 N–H and O–H groups in total. The maximum Gasteiger partial charge on any atom is 0.251 e. The standard InChI is InChI=1S/C16H23BrN4O3S.HI/c1-18-16(21-14-7-10-25(23,24)11-14)20-9-2-8-19-15(22)12-3-5-13(17)6-4-12;/h3-6,14H,2,7-11H2,1H3,(H,19,22)(H2,18,20,21);1H. The van der Waals surface area contributed by atoms with E-state index >= 15 is 0 Å². The number of hydrogen-bond donors (Lipinski definition) is 3. The van der Waals surface area contributed by atoms with Gasteiger partial charge in [0.1, 0.15) is 0 Å². The Morgan fingerprint density at radius 1 is 1.23 bits per heavy atom. The Kier molecular flexibility index (Phi) is 9.86. The van der Waals surface area contributed by atoms with Crippen LogP contribution in [0.2, 0.25) is 0 Å². The lowest BCUT2D eigenvalue weighted by Crippen LogP contribution is -2.44. The number of halogens is 2. The summed E-state index contributed by atoms with van der Waals surface area (Å²) in [6.45, 7) is 1.16. The van der Waals surface area contributed by atoms with Crippen LogP contribution in [0.5, 0.6) is 0 Å². The summed E-state index contributed by atoms with van der Waals surface area (Å²) in [5, 5.41) is 9.11. The van der Waals surface area contributed by atoms with E-state index in [-0.39, 0.29) is 47.4 Å². The van der Waals surface area contributed by atoms with Crippen molar-refractivity contribution in [3.05, 3.63) is 34.3 Å². The number of sulfone groups is 1. The molecule has 1 saturated heterocycles. The van der Waals surface area contributed by atoms with Crippen LogP contribution in [0.25, 0.3) is 0 Å². The van der Waals surface area contributed by atoms with Crippen molar-refractivity contribution in [3.63, 3.8) is 0 Å². The molecule has 0 radical (unpaired) electrons. The van der Waals surface area contributed by atoms with E-state index in [4.69, 9.17) is 0 Å². The van der Waals surface area contributed by atoms with Gasteiger partial charge in [-0.2, -0.15) is 0 Å². The molecule has 2 rings (SSSR count). The van der Waals surface area contributed by atoms with Crippen LogP contribution in [-0.2, 0) is 9.84 Å². The van der Waals surface area contributed by atoms with Crippen LogP contribution in [0, 0.1) is 0 Å². The summed E-state index contributed by atoms with van der Waals surface area (Å²) in [7, 11) is -1.27. The fraction of sp³-hybridized carbons (Fsp3) is 0.500. The summed E-state index contributed by atoms with van der Waals surface area (Å²) in [5.74, 6) is 0.855. The van der Waals surface area contributed by atoms with Gasteiger partial charge in [-0.25, -0.2) is 8.42 Å². The number of nitrogens with one attached hydrogen (secondary N) is 3. The molecule has 0 saturated carbocycles. The molecule has 1 heterocycles. The average Bonchev–Trinajstić information content (AvgIpc) is 2.92. The Balaban J connectivity index is 0.00000338. The van der Waals surface area contributed by atoms with Gasteiger partial charge in [0.05, 0.1) is 11.5 Å². The van der Waals surface area contributed by atoms with Crippen molar-refractivity contribution in [2.24, 2.45) is 4.99 Å². The second-order valence-electron chi connectivity index (χ2n) is 5.86. The van der Waals surface area contributed by atoms with Crippen molar-refractivity contribution < 1.29 is 13.2 Å². The molecule has 1 unspecified atom stereocenters. The fourth-order valence-corrected chi connectivity index (χ4v) is 4.43. The topological polar surface area (TPSA) is 99.7 Å².